The molecule has 0 saturated heterocycles. The molecule has 90 valence electrons. The minimum absolute atomic E-state index is 0.670. The summed E-state index contributed by atoms with van der Waals surface area (Å²) in [5.74, 6) is 1.85. The van der Waals surface area contributed by atoms with Crippen LogP contribution in [0, 0.1) is 5.92 Å². The number of rotatable bonds is 3. The second-order valence-corrected chi connectivity index (χ2v) is 5.15. The molecule has 1 aliphatic carbocycles. The maximum atomic E-state index is 5.80. The van der Waals surface area contributed by atoms with Gasteiger partial charge in [-0.2, -0.15) is 0 Å². The lowest BCUT2D eigenvalue weighted by molar-refractivity contribution is 0.402. The molecule has 0 radical (unpaired) electrons. The van der Waals surface area contributed by atoms with Crippen molar-refractivity contribution in [3.05, 3.63) is 36.1 Å². The predicted octanol–water partition coefficient (Wildman–Crippen LogP) is 3.71. The van der Waals surface area contributed by atoms with E-state index in [9.17, 15) is 0 Å². The zero-order chi connectivity index (χ0) is 11.7. The van der Waals surface area contributed by atoms with Crippen LogP contribution in [0.2, 0.25) is 0 Å². The largest absolute Gasteiger partial charge is 0.460 e. The topological polar surface area (TPSA) is 25.2 Å². The molecule has 1 fully saturated rings. The van der Waals surface area contributed by atoms with E-state index < -0.39 is 0 Å². The number of fused-ring (bicyclic) bond motifs is 1. The van der Waals surface area contributed by atoms with Crippen LogP contribution >= 0.6 is 0 Å². The van der Waals surface area contributed by atoms with Crippen molar-refractivity contribution in [3.8, 4) is 0 Å². The fourth-order valence-electron chi connectivity index (χ4n) is 2.80. The van der Waals surface area contributed by atoms with Gasteiger partial charge in [-0.25, -0.2) is 0 Å². The highest BCUT2D eigenvalue weighted by Gasteiger charge is 2.22. The molecule has 2 heteroatoms. The zero-order valence-corrected chi connectivity index (χ0v) is 10.3. The summed E-state index contributed by atoms with van der Waals surface area (Å²) in [6, 6.07) is 11.0. The Balaban J connectivity index is 1.68. The molecule has 0 amide bonds. The van der Waals surface area contributed by atoms with Crippen molar-refractivity contribution >= 4 is 11.0 Å². The Morgan fingerprint density at radius 2 is 2.18 bits per heavy atom. The first-order valence-electron chi connectivity index (χ1n) is 6.54. The van der Waals surface area contributed by atoms with Gasteiger partial charge in [-0.15, -0.1) is 0 Å². The van der Waals surface area contributed by atoms with Crippen LogP contribution in [0.25, 0.3) is 11.0 Å². The van der Waals surface area contributed by atoms with Crippen molar-refractivity contribution in [1.29, 1.82) is 0 Å². The molecular formula is C15H19NO. The Kier molecular flexibility index (Phi) is 2.89. The summed E-state index contributed by atoms with van der Waals surface area (Å²) >= 11 is 0. The maximum absolute atomic E-state index is 5.80. The third kappa shape index (κ3) is 2.22. The highest BCUT2D eigenvalue weighted by atomic mass is 16.3. The highest BCUT2D eigenvalue weighted by molar-refractivity contribution is 5.77. The fraction of sp³-hybridized carbons (Fsp3) is 0.467. The van der Waals surface area contributed by atoms with Gasteiger partial charge >= 0.3 is 0 Å². The summed E-state index contributed by atoms with van der Waals surface area (Å²) in [6.07, 6.45) is 4.03. The van der Waals surface area contributed by atoms with Crippen LogP contribution in [-0.4, -0.2) is 6.04 Å². The third-order valence-corrected chi connectivity index (χ3v) is 3.88. The summed E-state index contributed by atoms with van der Waals surface area (Å²) in [7, 11) is 0. The van der Waals surface area contributed by atoms with Crippen molar-refractivity contribution in [2.24, 2.45) is 5.92 Å². The van der Waals surface area contributed by atoms with Gasteiger partial charge in [0.25, 0.3) is 0 Å². The maximum Gasteiger partial charge on any atom is 0.134 e. The van der Waals surface area contributed by atoms with E-state index in [2.05, 4.69) is 24.4 Å². The van der Waals surface area contributed by atoms with Crippen molar-refractivity contribution in [2.75, 3.05) is 0 Å². The first-order chi connectivity index (χ1) is 8.33. The summed E-state index contributed by atoms with van der Waals surface area (Å²) in [6.45, 7) is 3.19. The van der Waals surface area contributed by atoms with Crippen LogP contribution in [0.1, 0.15) is 31.9 Å². The Hall–Kier alpha value is -1.28. The smallest absolute Gasteiger partial charge is 0.134 e. The van der Waals surface area contributed by atoms with Crippen LogP contribution in [0.5, 0.6) is 0 Å². The predicted molar refractivity (Wildman–Crippen MR) is 69.9 cm³/mol. The van der Waals surface area contributed by atoms with E-state index >= 15 is 0 Å². The average Bonchev–Trinajstić information content (AvgIpc) is 2.92. The number of nitrogens with one attached hydrogen (secondary N) is 1. The van der Waals surface area contributed by atoms with Gasteiger partial charge in [0, 0.05) is 11.4 Å². The van der Waals surface area contributed by atoms with E-state index in [1.807, 2.05) is 18.2 Å². The average molecular weight is 229 g/mol. The zero-order valence-electron chi connectivity index (χ0n) is 10.3. The van der Waals surface area contributed by atoms with Crippen LogP contribution in [0.4, 0.5) is 0 Å². The molecule has 2 atom stereocenters. The SMILES string of the molecule is CC1CCCC1NCc1cc2ccccc2o1. The minimum atomic E-state index is 0.670. The van der Waals surface area contributed by atoms with Crippen molar-refractivity contribution in [1.82, 2.24) is 5.32 Å². The monoisotopic (exact) mass is 229 g/mol. The Bertz CT molecular complexity index is 469. The molecule has 1 heterocycles. The molecule has 0 bridgehead atoms. The van der Waals surface area contributed by atoms with Crippen LogP contribution < -0.4 is 5.32 Å². The molecule has 2 nitrogen and oxygen atoms in total. The fourth-order valence-corrected chi connectivity index (χ4v) is 2.80. The Labute approximate surface area is 102 Å². The van der Waals surface area contributed by atoms with Crippen LogP contribution in [0.15, 0.2) is 34.7 Å². The van der Waals surface area contributed by atoms with Gasteiger partial charge in [0.1, 0.15) is 11.3 Å². The quantitative estimate of drug-likeness (QED) is 0.868. The Morgan fingerprint density at radius 1 is 1.29 bits per heavy atom. The van der Waals surface area contributed by atoms with Gasteiger partial charge in [0.2, 0.25) is 0 Å². The molecule has 1 saturated carbocycles. The summed E-state index contributed by atoms with van der Waals surface area (Å²) in [5, 5.41) is 4.81. The third-order valence-electron chi connectivity index (χ3n) is 3.88. The van der Waals surface area contributed by atoms with Gasteiger partial charge in [0.15, 0.2) is 0 Å². The lowest BCUT2D eigenvalue weighted by atomic mass is 10.1. The van der Waals surface area contributed by atoms with Gasteiger partial charge < -0.3 is 9.73 Å². The second-order valence-electron chi connectivity index (χ2n) is 5.15. The van der Waals surface area contributed by atoms with Crippen LogP contribution in [-0.2, 0) is 6.54 Å². The second kappa shape index (κ2) is 4.53. The van der Waals surface area contributed by atoms with Crippen molar-refractivity contribution < 1.29 is 4.42 Å². The first-order valence-corrected chi connectivity index (χ1v) is 6.54. The molecule has 0 spiro atoms. The van der Waals surface area contributed by atoms with E-state index in [1.54, 1.807) is 0 Å². The van der Waals surface area contributed by atoms with Crippen molar-refractivity contribution in [2.45, 2.75) is 38.8 Å². The molecular weight excluding hydrogens is 210 g/mol. The molecule has 2 unspecified atom stereocenters. The van der Waals surface area contributed by atoms with Gasteiger partial charge in [-0.05, 0) is 30.9 Å². The lowest BCUT2D eigenvalue weighted by Crippen LogP contribution is -2.30. The molecule has 2 aromatic rings. The van der Waals surface area contributed by atoms with Gasteiger partial charge in [-0.3, -0.25) is 0 Å². The summed E-state index contributed by atoms with van der Waals surface area (Å²) in [4.78, 5) is 0. The summed E-state index contributed by atoms with van der Waals surface area (Å²) in [5.41, 5.74) is 0.990. The Morgan fingerprint density at radius 3 is 2.94 bits per heavy atom. The standard InChI is InChI=1S/C15H19NO/c1-11-5-4-7-14(11)16-10-13-9-12-6-2-3-8-15(12)17-13/h2-3,6,8-9,11,14,16H,4-5,7,10H2,1H3. The van der Waals surface area contributed by atoms with E-state index in [4.69, 9.17) is 4.42 Å². The normalized spacial score (nSPS) is 24.5. The van der Waals surface area contributed by atoms with E-state index in [0.717, 1.165) is 23.8 Å². The molecule has 1 aromatic heterocycles. The molecule has 1 aliphatic rings. The number of hydrogen-bond acceptors (Lipinski definition) is 2. The summed E-state index contributed by atoms with van der Waals surface area (Å²) < 4.78 is 5.80. The highest BCUT2D eigenvalue weighted by Crippen LogP contribution is 2.25. The van der Waals surface area contributed by atoms with Crippen molar-refractivity contribution in [3.63, 3.8) is 0 Å². The molecule has 1 aromatic carbocycles. The number of para-hydroxylation sites is 1. The van der Waals surface area contributed by atoms with E-state index in [1.165, 1.54) is 24.6 Å². The van der Waals surface area contributed by atoms with E-state index in [0.29, 0.717) is 6.04 Å². The number of hydrogen-bond donors (Lipinski definition) is 1. The molecule has 0 aliphatic heterocycles. The molecule has 17 heavy (non-hydrogen) atoms. The molecule has 3 rings (SSSR count). The lowest BCUT2D eigenvalue weighted by Gasteiger charge is -2.15. The van der Waals surface area contributed by atoms with Gasteiger partial charge in [-0.1, -0.05) is 31.5 Å². The number of furan rings is 1. The molecule has 1 N–H and O–H groups in total. The minimum Gasteiger partial charge on any atom is -0.460 e. The van der Waals surface area contributed by atoms with Crippen LogP contribution in [0.3, 0.4) is 0 Å². The van der Waals surface area contributed by atoms with E-state index in [-0.39, 0.29) is 0 Å². The van der Waals surface area contributed by atoms with Gasteiger partial charge in [0.05, 0.1) is 6.54 Å². The number of benzene rings is 1. The first kappa shape index (κ1) is 10.8.